The molecule has 1 heterocycles. The number of hydrogen-bond acceptors (Lipinski definition) is 3. The fraction of sp³-hybridized carbons (Fsp3) is 0.286. The first kappa shape index (κ1) is 18.6. The first-order chi connectivity index (χ1) is 13.0. The molecule has 0 aromatic heterocycles. The topological polar surface area (TPSA) is 86.7 Å². The number of benzene rings is 2. The minimum Gasteiger partial charge on any atom is -0.478 e. The van der Waals surface area contributed by atoms with Gasteiger partial charge >= 0.3 is 5.97 Å². The summed E-state index contributed by atoms with van der Waals surface area (Å²) in [6.45, 7) is 2.90. The number of nitrogens with zero attached hydrogens (tertiary/aromatic N) is 1. The molecule has 0 bridgehead atoms. The molecule has 2 aromatic rings. The van der Waals surface area contributed by atoms with Crippen LogP contribution in [0.5, 0.6) is 0 Å². The predicted octanol–water partition coefficient (Wildman–Crippen LogP) is 2.73. The van der Waals surface area contributed by atoms with E-state index in [1.54, 1.807) is 23.1 Å². The van der Waals surface area contributed by atoms with Crippen molar-refractivity contribution < 1.29 is 19.5 Å². The molecule has 0 aliphatic carbocycles. The Morgan fingerprint density at radius 3 is 2.30 bits per heavy atom. The zero-order valence-electron chi connectivity index (χ0n) is 15.1. The number of likely N-dealkylation sites (tertiary alicyclic amines) is 1. The zero-order chi connectivity index (χ0) is 19.4. The SMILES string of the molecule is Cc1cccc(C(=O)NC2CCN(C(=O)c3ccccc3C(=O)O)CC2)c1. The maximum absolute atomic E-state index is 12.7. The Morgan fingerprint density at radius 1 is 1.00 bits per heavy atom. The van der Waals surface area contributed by atoms with Gasteiger partial charge in [0.25, 0.3) is 11.8 Å². The van der Waals surface area contributed by atoms with E-state index >= 15 is 0 Å². The summed E-state index contributed by atoms with van der Waals surface area (Å²) in [4.78, 5) is 38.0. The third kappa shape index (κ3) is 4.34. The highest BCUT2D eigenvalue weighted by Gasteiger charge is 2.27. The van der Waals surface area contributed by atoms with Gasteiger partial charge in [0.05, 0.1) is 11.1 Å². The van der Waals surface area contributed by atoms with Crippen molar-refractivity contribution in [1.82, 2.24) is 10.2 Å². The fourth-order valence-electron chi connectivity index (χ4n) is 3.31. The molecule has 1 aliphatic rings. The Labute approximate surface area is 157 Å². The molecule has 140 valence electrons. The smallest absolute Gasteiger partial charge is 0.336 e. The Morgan fingerprint density at radius 2 is 1.67 bits per heavy atom. The highest BCUT2D eigenvalue weighted by atomic mass is 16.4. The summed E-state index contributed by atoms with van der Waals surface area (Å²) < 4.78 is 0. The highest BCUT2D eigenvalue weighted by Crippen LogP contribution is 2.17. The van der Waals surface area contributed by atoms with Crippen molar-refractivity contribution in [3.05, 3.63) is 70.8 Å². The summed E-state index contributed by atoms with van der Waals surface area (Å²) in [7, 11) is 0. The summed E-state index contributed by atoms with van der Waals surface area (Å²) in [6, 6.07) is 13.7. The largest absolute Gasteiger partial charge is 0.478 e. The van der Waals surface area contributed by atoms with E-state index in [1.165, 1.54) is 12.1 Å². The van der Waals surface area contributed by atoms with Crippen LogP contribution in [-0.4, -0.2) is 46.9 Å². The van der Waals surface area contributed by atoms with E-state index in [4.69, 9.17) is 0 Å². The molecule has 2 N–H and O–H groups in total. The average Bonchev–Trinajstić information content (AvgIpc) is 2.68. The Balaban J connectivity index is 1.60. The quantitative estimate of drug-likeness (QED) is 0.871. The number of aromatic carboxylic acids is 1. The van der Waals surface area contributed by atoms with Crippen LogP contribution in [0.25, 0.3) is 0 Å². The maximum atomic E-state index is 12.7. The van der Waals surface area contributed by atoms with E-state index < -0.39 is 5.97 Å². The third-order valence-electron chi connectivity index (χ3n) is 4.79. The van der Waals surface area contributed by atoms with Gasteiger partial charge in [0.2, 0.25) is 0 Å². The van der Waals surface area contributed by atoms with Gasteiger partial charge in [-0.2, -0.15) is 0 Å². The minimum atomic E-state index is -1.11. The second kappa shape index (κ2) is 8.03. The van der Waals surface area contributed by atoms with Gasteiger partial charge in [-0.05, 0) is 44.0 Å². The van der Waals surface area contributed by atoms with E-state index in [-0.39, 0.29) is 29.0 Å². The number of carbonyl (C=O) groups is 3. The normalized spacial score (nSPS) is 14.6. The van der Waals surface area contributed by atoms with Crippen LogP contribution in [0.1, 0.15) is 49.5 Å². The van der Waals surface area contributed by atoms with Crippen LogP contribution in [0.15, 0.2) is 48.5 Å². The first-order valence-electron chi connectivity index (χ1n) is 8.95. The molecule has 1 saturated heterocycles. The van der Waals surface area contributed by atoms with Gasteiger partial charge in [0, 0.05) is 24.7 Å². The molecule has 0 unspecified atom stereocenters. The van der Waals surface area contributed by atoms with E-state index in [9.17, 15) is 19.5 Å². The highest BCUT2D eigenvalue weighted by molar-refractivity contribution is 6.04. The summed E-state index contributed by atoms with van der Waals surface area (Å²) in [6.07, 6.45) is 1.27. The molecule has 27 heavy (non-hydrogen) atoms. The molecule has 0 saturated carbocycles. The van der Waals surface area contributed by atoms with Gasteiger partial charge in [-0.1, -0.05) is 29.8 Å². The number of nitrogens with one attached hydrogen (secondary N) is 1. The van der Waals surface area contributed by atoms with Crippen LogP contribution >= 0.6 is 0 Å². The van der Waals surface area contributed by atoms with Crippen molar-refractivity contribution >= 4 is 17.8 Å². The number of amides is 2. The molecule has 2 amide bonds. The van der Waals surface area contributed by atoms with Crippen LogP contribution in [0.3, 0.4) is 0 Å². The summed E-state index contributed by atoms with van der Waals surface area (Å²) in [5.74, 6) is -1.50. The molecular formula is C21H22N2O4. The van der Waals surface area contributed by atoms with E-state index in [0.717, 1.165) is 5.56 Å². The maximum Gasteiger partial charge on any atom is 0.336 e. The second-order valence-electron chi connectivity index (χ2n) is 6.76. The van der Waals surface area contributed by atoms with Crippen LogP contribution in [-0.2, 0) is 0 Å². The van der Waals surface area contributed by atoms with Crippen LogP contribution in [0.2, 0.25) is 0 Å². The lowest BCUT2D eigenvalue weighted by Crippen LogP contribution is -2.46. The number of hydrogen-bond donors (Lipinski definition) is 2. The molecule has 6 nitrogen and oxygen atoms in total. The van der Waals surface area contributed by atoms with Gasteiger partial charge < -0.3 is 15.3 Å². The van der Waals surface area contributed by atoms with Crippen molar-refractivity contribution in [1.29, 1.82) is 0 Å². The Hall–Kier alpha value is -3.15. The molecular weight excluding hydrogens is 344 g/mol. The average molecular weight is 366 g/mol. The number of piperidine rings is 1. The summed E-state index contributed by atoms with van der Waals surface area (Å²) >= 11 is 0. The van der Waals surface area contributed by atoms with E-state index in [1.807, 2.05) is 25.1 Å². The number of carboxylic acid groups (broad SMARTS) is 1. The van der Waals surface area contributed by atoms with Crippen molar-refractivity contribution in [2.75, 3.05) is 13.1 Å². The molecule has 0 radical (unpaired) electrons. The van der Waals surface area contributed by atoms with Crippen molar-refractivity contribution in [2.24, 2.45) is 0 Å². The number of carbonyl (C=O) groups excluding carboxylic acids is 2. The molecule has 6 heteroatoms. The Kier molecular flexibility index (Phi) is 5.54. The lowest BCUT2D eigenvalue weighted by molar-refractivity contribution is 0.0654. The van der Waals surface area contributed by atoms with Gasteiger partial charge in [0.1, 0.15) is 0 Å². The van der Waals surface area contributed by atoms with Crippen LogP contribution < -0.4 is 5.32 Å². The molecule has 3 rings (SSSR count). The lowest BCUT2D eigenvalue weighted by Gasteiger charge is -2.32. The van der Waals surface area contributed by atoms with E-state index in [0.29, 0.717) is 31.5 Å². The fourth-order valence-corrected chi connectivity index (χ4v) is 3.31. The molecule has 0 atom stereocenters. The zero-order valence-corrected chi connectivity index (χ0v) is 15.1. The molecule has 1 aliphatic heterocycles. The first-order valence-corrected chi connectivity index (χ1v) is 8.95. The van der Waals surface area contributed by atoms with Crippen molar-refractivity contribution in [2.45, 2.75) is 25.8 Å². The standard InChI is InChI=1S/C21H22N2O4/c1-14-5-4-6-15(13-14)19(24)22-16-9-11-23(12-10-16)20(25)17-7-2-3-8-18(17)21(26)27/h2-8,13,16H,9-12H2,1H3,(H,22,24)(H,26,27). The second-order valence-corrected chi connectivity index (χ2v) is 6.76. The van der Waals surface area contributed by atoms with Gasteiger partial charge in [0.15, 0.2) is 0 Å². The van der Waals surface area contributed by atoms with Gasteiger partial charge in [-0.25, -0.2) is 4.79 Å². The molecule has 0 spiro atoms. The summed E-state index contributed by atoms with van der Waals surface area (Å²) in [5, 5.41) is 12.3. The number of carboxylic acids is 1. The monoisotopic (exact) mass is 366 g/mol. The third-order valence-corrected chi connectivity index (χ3v) is 4.79. The minimum absolute atomic E-state index is 0.00298. The molecule has 2 aromatic carbocycles. The molecule has 1 fully saturated rings. The van der Waals surface area contributed by atoms with Crippen molar-refractivity contribution in [3.8, 4) is 0 Å². The Bertz CT molecular complexity index is 870. The van der Waals surface area contributed by atoms with Crippen molar-refractivity contribution in [3.63, 3.8) is 0 Å². The van der Waals surface area contributed by atoms with Crippen LogP contribution in [0.4, 0.5) is 0 Å². The predicted molar refractivity (Wildman–Crippen MR) is 101 cm³/mol. The number of aryl methyl sites for hydroxylation is 1. The van der Waals surface area contributed by atoms with Gasteiger partial charge in [-0.3, -0.25) is 9.59 Å². The number of rotatable bonds is 4. The summed E-state index contributed by atoms with van der Waals surface area (Å²) in [5.41, 5.74) is 1.87. The van der Waals surface area contributed by atoms with Gasteiger partial charge in [-0.15, -0.1) is 0 Å². The van der Waals surface area contributed by atoms with E-state index in [2.05, 4.69) is 5.32 Å². The lowest BCUT2D eigenvalue weighted by atomic mass is 10.0. The van der Waals surface area contributed by atoms with Crippen LogP contribution in [0, 0.1) is 6.92 Å².